The van der Waals surface area contributed by atoms with Crippen LogP contribution >= 0.6 is 0 Å². The summed E-state index contributed by atoms with van der Waals surface area (Å²) in [5.41, 5.74) is 0.715. The Morgan fingerprint density at radius 2 is 2.00 bits per heavy atom. The molecule has 1 N–H and O–H groups in total. The number of methoxy groups -OCH3 is 1. The van der Waals surface area contributed by atoms with Gasteiger partial charge < -0.3 is 15.0 Å². The van der Waals surface area contributed by atoms with Gasteiger partial charge in [0.25, 0.3) is 5.91 Å². The van der Waals surface area contributed by atoms with Crippen LogP contribution in [0, 0.1) is 11.8 Å². The maximum atomic E-state index is 12.5. The number of amides is 1. The first-order valence-electron chi connectivity index (χ1n) is 8.31. The lowest BCUT2D eigenvalue weighted by molar-refractivity contribution is 0.0650. The molecule has 1 heterocycles. The van der Waals surface area contributed by atoms with Crippen molar-refractivity contribution < 1.29 is 9.53 Å². The number of rotatable bonds is 3. The summed E-state index contributed by atoms with van der Waals surface area (Å²) in [7, 11) is 3.82. The number of benzene rings is 1. The second kappa shape index (κ2) is 6.69. The molecule has 0 bridgehead atoms. The molecule has 120 valence electrons. The van der Waals surface area contributed by atoms with Crippen molar-refractivity contribution in [1.82, 2.24) is 10.2 Å². The highest BCUT2D eigenvalue weighted by Crippen LogP contribution is 2.36. The molecule has 4 nitrogen and oxygen atoms in total. The molecule has 1 aromatic rings. The minimum atomic E-state index is 0.0431. The molecule has 1 saturated carbocycles. The highest BCUT2D eigenvalue weighted by Gasteiger charge is 2.37. The molecule has 22 heavy (non-hydrogen) atoms. The van der Waals surface area contributed by atoms with Crippen molar-refractivity contribution in [2.75, 3.05) is 27.2 Å². The molecule has 0 radical (unpaired) electrons. The van der Waals surface area contributed by atoms with E-state index < -0.39 is 0 Å². The molecule has 0 aromatic heterocycles. The summed E-state index contributed by atoms with van der Waals surface area (Å²) in [6, 6.07) is 7.67. The number of nitrogens with zero attached hydrogens (tertiary/aromatic N) is 1. The van der Waals surface area contributed by atoms with E-state index in [2.05, 4.69) is 17.3 Å². The minimum absolute atomic E-state index is 0.0431. The van der Waals surface area contributed by atoms with Crippen LogP contribution in [0.3, 0.4) is 0 Å². The van der Waals surface area contributed by atoms with Gasteiger partial charge in [-0.15, -0.1) is 0 Å². The van der Waals surface area contributed by atoms with Gasteiger partial charge in [-0.05, 0) is 69.0 Å². The van der Waals surface area contributed by atoms with E-state index in [0.717, 1.165) is 24.6 Å². The molecule has 2 fully saturated rings. The fraction of sp³-hybridized carbons (Fsp3) is 0.611. The number of hydrogen-bond acceptors (Lipinski definition) is 3. The average Bonchev–Trinajstić information content (AvgIpc) is 2.55. The first kappa shape index (κ1) is 15.3. The minimum Gasteiger partial charge on any atom is -0.497 e. The van der Waals surface area contributed by atoms with E-state index in [9.17, 15) is 4.79 Å². The summed E-state index contributed by atoms with van der Waals surface area (Å²) in [5, 5.41) is 3.29. The van der Waals surface area contributed by atoms with Gasteiger partial charge in [-0.1, -0.05) is 6.42 Å². The van der Waals surface area contributed by atoms with Crippen molar-refractivity contribution in [3.63, 3.8) is 0 Å². The van der Waals surface area contributed by atoms with Crippen molar-refractivity contribution in [3.8, 4) is 5.75 Å². The SMILES string of the molecule is COc1ccc(C(=O)NC2CCC[C@@H]3CCN(C)C[C@H]23)cc1. The van der Waals surface area contributed by atoms with Crippen molar-refractivity contribution in [2.45, 2.75) is 31.7 Å². The number of piperidine rings is 1. The van der Waals surface area contributed by atoms with Crippen LogP contribution in [0.5, 0.6) is 5.75 Å². The van der Waals surface area contributed by atoms with E-state index in [4.69, 9.17) is 4.74 Å². The highest BCUT2D eigenvalue weighted by atomic mass is 16.5. The van der Waals surface area contributed by atoms with Crippen LogP contribution in [0.2, 0.25) is 0 Å². The van der Waals surface area contributed by atoms with Gasteiger partial charge in [0.1, 0.15) is 5.75 Å². The lowest BCUT2D eigenvalue weighted by atomic mass is 9.72. The molecule has 1 aliphatic heterocycles. The Morgan fingerprint density at radius 1 is 1.23 bits per heavy atom. The fourth-order valence-electron chi connectivity index (χ4n) is 4.00. The second-order valence-electron chi connectivity index (χ2n) is 6.71. The van der Waals surface area contributed by atoms with Gasteiger partial charge in [0.05, 0.1) is 7.11 Å². The van der Waals surface area contributed by atoms with Crippen LogP contribution in [0.15, 0.2) is 24.3 Å². The number of ether oxygens (including phenoxy) is 1. The first-order chi connectivity index (χ1) is 10.7. The number of nitrogens with one attached hydrogen (secondary N) is 1. The van der Waals surface area contributed by atoms with Gasteiger partial charge >= 0.3 is 0 Å². The maximum absolute atomic E-state index is 12.5. The second-order valence-corrected chi connectivity index (χ2v) is 6.71. The molecule has 3 atom stereocenters. The Labute approximate surface area is 132 Å². The Bertz CT molecular complexity index is 514. The summed E-state index contributed by atoms with van der Waals surface area (Å²) in [5.74, 6) is 2.21. The van der Waals surface area contributed by atoms with Gasteiger partial charge in [-0.3, -0.25) is 4.79 Å². The number of hydrogen-bond donors (Lipinski definition) is 1. The molecular formula is C18H26N2O2. The molecule has 1 saturated heterocycles. The smallest absolute Gasteiger partial charge is 0.251 e. The van der Waals surface area contributed by atoms with Crippen LogP contribution in [0.25, 0.3) is 0 Å². The van der Waals surface area contributed by atoms with Crippen molar-refractivity contribution in [2.24, 2.45) is 11.8 Å². The van der Waals surface area contributed by atoms with Crippen LogP contribution in [-0.4, -0.2) is 44.1 Å². The Morgan fingerprint density at radius 3 is 2.73 bits per heavy atom. The quantitative estimate of drug-likeness (QED) is 0.933. The van der Waals surface area contributed by atoms with Gasteiger partial charge in [0.15, 0.2) is 0 Å². The maximum Gasteiger partial charge on any atom is 0.251 e. The molecule has 1 amide bonds. The summed E-state index contributed by atoms with van der Waals surface area (Å²) < 4.78 is 5.14. The number of likely N-dealkylation sites (tertiary alicyclic amines) is 1. The zero-order valence-electron chi connectivity index (χ0n) is 13.5. The van der Waals surface area contributed by atoms with Crippen LogP contribution in [0.1, 0.15) is 36.0 Å². The summed E-state index contributed by atoms with van der Waals surface area (Å²) in [6.45, 7) is 2.30. The predicted molar refractivity (Wildman–Crippen MR) is 87.2 cm³/mol. The summed E-state index contributed by atoms with van der Waals surface area (Å²) in [4.78, 5) is 14.9. The van der Waals surface area contributed by atoms with E-state index >= 15 is 0 Å². The van der Waals surface area contributed by atoms with Gasteiger partial charge in [-0.2, -0.15) is 0 Å². The molecule has 0 spiro atoms. The highest BCUT2D eigenvalue weighted by molar-refractivity contribution is 5.94. The van der Waals surface area contributed by atoms with Crippen molar-refractivity contribution in [3.05, 3.63) is 29.8 Å². The average molecular weight is 302 g/mol. The molecule has 2 aliphatic rings. The fourth-order valence-corrected chi connectivity index (χ4v) is 4.00. The third-order valence-electron chi connectivity index (χ3n) is 5.29. The largest absolute Gasteiger partial charge is 0.497 e. The van der Waals surface area contributed by atoms with E-state index in [1.165, 1.54) is 25.8 Å². The normalized spacial score (nSPS) is 28.7. The molecule has 1 aromatic carbocycles. The van der Waals surface area contributed by atoms with Crippen molar-refractivity contribution >= 4 is 5.91 Å². The Hall–Kier alpha value is -1.55. The van der Waals surface area contributed by atoms with E-state index in [1.807, 2.05) is 24.3 Å². The van der Waals surface area contributed by atoms with E-state index in [0.29, 0.717) is 17.5 Å². The van der Waals surface area contributed by atoms with Gasteiger partial charge in [0, 0.05) is 18.2 Å². The summed E-state index contributed by atoms with van der Waals surface area (Å²) >= 11 is 0. The Kier molecular flexibility index (Phi) is 4.67. The van der Waals surface area contributed by atoms with E-state index in [1.54, 1.807) is 7.11 Å². The first-order valence-corrected chi connectivity index (χ1v) is 8.31. The van der Waals surface area contributed by atoms with Crippen molar-refractivity contribution in [1.29, 1.82) is 0 Å². The molecule has 1 unspecified atom stereocenters. The Balaban J connectivity index is 1.66. The number of carbonyl (C=O) groups is 1. The van der Waals surface area contributed by atoms with Gasteiger partial charge in [0.2, 0.25) is 0 Å². The van der Waals surface area contributed by atoms with E-state index in [-0.39, 0.29) is 5.91 Å². The molecule has 4 heteroatoms. The number of carbonyl (C=O) groups excluding carboxylic acids is 1. The molecule has 1 aliphatic carbocycles. The molecule has 3 rings (SSSR count). The van der Waals surface area contributed by atoms with Gasteiger partial charge in [-0.25, -0.2) is 0 Å². The molecular weight excluding hydrogens is 276 g/mol. The number of fused-ring (bicyclic) bond motifs is 1. The standard InChI is InChI=1S/C18H26N2O2/c1-20-11-10-13-4-3-5-17(16(13)12-20)19-18(21)14-6-8-15(22-2)9-7-14/h6-9,13,16-17H,3-5,10-12H2,1-2H3,(H,19,21)/t13-,16+,17?/m1/s1. The third kappa shape index (κ3) is 3.27. The van der Waals surface area contributed by atoms with Crippen LogP contribution in [-0.2, 0) is 0 Å². The zero-order valence-corrected chi connectivity index (χ0v) is 13.5. The monoisotopic (exact) mass is 302 g/mol. The third-order valence-corrected chi connectivity index (χ3v) is 5.29. The lowest BCUT2D eigenvalue weighted by Crippen LogP contribution is -2.52. The van der Waals surface area contributed by atoms with Crippen LogP contribution < -0.4 is 10.1 Å². The zero-order chi connectivity index (χ0) is 15.5. The lowest BCUT2D eigenvalue weighted by Gasteiger charge is -2.44. The van der Waals surface area contributed by atoms with Crippen LogP contribution in [0.4, 0.5) is 0 Å². The topological polar surface area (TPSA) is 41.6 Å². The summed E-state index contributed by atoms with van der Waals surface area (Å²) in [6.07, 6.45) is 4.94. The predicted octanol–water partition coefficient (Wildman–Crippen LogP) is 2.55.